The molecule has 0 fully saturated rings. The van der Waals surface area contributed by atoms with Crippen molar-refractivity contribution >= 4 is 5.91 Å². The molecule has 1 heterocycles. The monoisotopic (exact) mass is 217 g/mol. The molecule has 3 N–H and O–H groups in total. The van der Waals surface area contributed by atoms with Crippen molar-refractivity contribution in [1.82, 2.24) is 9.78 Å². The summed E-state index contributed by atoms with van der Waals surface area (Å²) in [5, 5.41) is 12.9. The molecule has 5 nitrogen and oxygen atoms in total. The van der Waals surface area contributed by atoms with Gasteiger partial charge in [-0.2, -0.15) is 5.10 Å². The largest absolute Gasteiger partial charge is 0.392 e. The van der Waals surface area contributed by atoms with Crippen LogP contribution in [-0.4, -0.2) is 20.8 Å². The summed E-state index contributed by atoms with van der Waals surface area (Å²) >= 11 is 0. The van der Waals surface area contributed by atoms with E-state index in [9.17, 15) is 4.79 Å². The number of aromatic nitrogens is 2. The van der Waals surface area contributed by atoms with Crippen LogP contribution in [0, 0.1) is 0 Å². The first-order valence-electron chi connectivity index (χ1n) is 4.75. The number of nitrogens with zero attached hydrogens (tertiary/aromatic N) is 2. The molecule has 5 heteroatoms. The van der Waals surface area contributed by atoms with Crippen molar-refractivity contribution < 1.29 is 9.90 Å². The molecule has 2 rings (SSSR count). The van der Waals surface area contributed by atoms with Gasteiger partial charge in [0, 0.05) is 6.20 Å². The van der Waals surface area contributed by atoms with Gasteiger partial charge in [-0.25, -0.2) is 4.68 Å². The third-order valence-electron chi connectivity index (χ3n) is 2.25. The molecule has 0 unspecified atom stereocenters. The molecule has 0 aliphatic heterocycles. The standard InChI is InChI=1S/C11H11N3O2/c12-11(16)9-5-13-14(6-9)10-3-1-8(7-15)2-4-10/h1-6,15H,7H2,(H2,12,16). The van der Waals surface area contributed by atoms with Gasteiger partial charge >= 0.3 is 0 Å². The van der Waals surface area contributed by atoms with Crippen LogP contribution in [0.3, 0.4) is 0 Å². The summed E-state index contributed by atoms with van der Waals surface area (Å²) in [5.74, 6) is -0.502. The summed E-state index contributed by atoms with van der Waals surface area (Å²) in [5.41, 5.74) is 7.13. The molecular weight excluding hydrogens is 206 g/mol. The number of amides is 1. The highest BCUT2D eigenvalue weighted by molar-refractivity contribution is 5.92. The van der Waals surface area contributed by atoms with Crippen molar-refractivity contribution in [2.45, 2.75) is 6.61 Å². The maximum Gasteiger partial charge on any atom is 0.251 e. The zero-order chi connectivity index (χ0) is 11.5. The number of rotatable bonds is 3. The minimum atomic E-state index is -0.502. The Hall–Kier alpha value is -2.14. The van der Waals surface area contributed by atoms with Crippen LogP contribution >= 0.6 is 0 Å². The summed E-state index contributed by atoms with van der Waals surface area (Å²) in [6, 6.07) is 7.20. The molecule has 1 aromatic heterocycles. The van der Waals surface area contributed by atoms with Crippen LogP contribution in [0.25, 0.3) is 5.69 Å². The highest BCUT2D eigenvalue weighted by Gasteiger charge is 2.04. The molecule has 1 aromatic carbocycles. The van der Waals surface area contributed by atoms with E-state index < -0.39 is 5.91 Å². The molecule has 0 atom stereocenters. The maximum atomic E-state index is 10.9. The third kappa shape index (κ3) is 1.94. The smallest absolute Gasteiger partial charge is 0.251 e. The van der Waals surface area contributed by atoms with Gasteiger partial charge in [-0.15, -0.1) is 0 Å². The molecule has 0 aliphatic carbocycles. The fourth-order valence-corrected chi connectivity index (χ4v) is 1.35. The Morgan fingerprint density at radius 2 is 2.06 bits per heavy atom. The number of nitrogens with two attached hydrogens (primary N) is 1. The lowest BCUT2D eigenvalue weighted by Crippen LogP contribution is -2.09. The van der Waals surface area contributed by atoms with Crippen LogP contribution in [0.15, 0.2) is 36.7 Å². The zero-order valence-electron chi connectivity index (χ0n) is 8.50. The van der Waals surface area contributed by atoms with Gasteiger partial charge in [-0.05, 0) is 17.7 Å². The first kappa shape index (κ1) is 10.4. The van der Waals surface area contributed by atoms with Crippen LogP contribution in [-0.2, 0) is 6.61 Å². The number of carbonyl (C=O) groups excluding carboxylic acids is 1. The Balaban J connectivity index is 2.31. The first-order valence-corrected chi connectivity index (χ1v) is 4.75. The normalized spacial score (nSPS) is 10.3. The van der Waals surface area contributed by atoms with Gasteiger partial charge in [0.2, 0.25) is 0 Å². The van der Waals surface area contributed by atoms with Crippen molar-refractivity contribution in [3.63, 3.8) is 0 Å². The van der Waals surface area contributed by atoms with Crippen molar-refractivity contribution in [2.24, 2.45) is 5.73 Å². The SMILES string of the molecule is NC(=O)c1cnn(-c2ccc(CO)cc2)c1. The van der Waals surface area contributed by atoms with Gasteiger partial charge in [-0.1, -0.05) is 12.1 Å². The van der Waals surface area contributed by atoms with Crippen LogP contribution in [0.1, 0.15) is 15.9 Å². The average molecular weight is 217 g/mol. The average Bonchev–Trinajstić information content (AvgIpc) is 2.78. The molecule has 0 aliphatic rings. The quantitative estimate of drug-likeness (QED) is 0.783. The number of hydrogen-bond acceptors (Lipinski definition) is 3. The molecule has 2 aromatic rings. The van der Waals surface area contributed by atoms with E-state index in [1.807, 2.05) is 12.1 Å². The minimum Gasteiger partial charge on any atom is -0.392 e. The molecule has 0 saturated heterocycles. The van der Waals surface area contributed by atoms with E-state index in [-0.39, 0.29) is 6.61 Å². The van der Waals surface area contributed by atoms with Crippen LogP contribution < -0.4 is 5.73 Å². The Kier molecular flexibility index (Phi) is 2.70. The van der Waals surface area contributed by atoms with E-state index in [4.69, 9.17) is 10.8 Å². The van der Waals surface area contributed by atoms with Gasteiger partial charge in [0.1, 0.15) is 0 Å². The molecule has 0 radical (unpaired) electrons. The van der Waals surface area contributed by atoms with E-state index >= 15 is 0 Å². The topological polar surface area (TPSA) is 81.1 Å². The Morgan fingerprint density at radius 3 is 2.56 bits per heavy atom. The summed E-state index contributed by atoms with van der Waals surface area (Å²) in [6.45, 7) is 0.00588. The molecule has 82 valence electrons. The predicted molar refractivity (Wildman–Crippen MR) is 58.0 cm³/mol. The Labute approximate surface area is 92.1 Å². The van der Waals surface area contributed by atoms with Crippen molar-refractivity contribution in [3.8, 4) is 5.69 Å². The lowest BCUT2D eigenvalue weighted by atomic mass is 10.2. The van der Waals surface area contributed by atoms with Gasteiger partial charge in [0.05, 0.1) is 24.1 Å². The van der Waals surface area contributed by atoms with E-state index in [2.05, 4.69) is 5.10 Å². The second-order valence-corrected chi connectivity index (χ2v) is 3.36. The second kappa shape index (κ2) is 4.16. The Bertz CT molecular complexity index is 502. The highest BCUT2D eigenvalue weighted by Crippen LogP contribution is 2.09. The van der Waals surface area contributed by atoms with Gasteiger partial charge in [-0.3, -0.25) is 4.79 Å². The minimum absolute atomic E-state index is 0.00588. The van der Waals surface area contributed by atoms with Crippen LogP contribution in [0.4, 0.5) is 0 Å². The van der Waals surface area contributed by atoms with Crippen LogP contribution in [0.5, 0.6) is 0 Å². The number of benzene rings is 1. The fourth-order valence-electron chi connectivity index (χ4n) is 1.35. The van der Waals surface area contributed by atoms with E-state index in [0.717, 1.165) is 11.3 Å². The van der Waals surface area contributed by atoms with Crippen molar-refractivity contribution in [1.29, 1.82) is 0 Å². The molecule has 1 amide bonds. The molecule has 16 heavy (non-hydrogen) atoms. The van der Waals surface area contributed by atoms with Crippen molar-refractivity contribution in [2.75, 3.05) is 0 Å². The van der Waals surface area contributed by atoms with Gasteiger partial charge < -0.3 is 10.8 Å². The maximum absolute atomic E-state index is 10.9. The molecule has 0 spiro atoms. The number of aliphatic hydroxyl groups is 1. The van der Waals surface area contributed by atoms with Gasteiger partial charge in [0.15, 0.2) is 0 Å². The summed E-state index contributed by atoms with van der Waals surface area (Å²) in [7, 11) is 0. The summed E-state index contributed by atoms with van der Waals surface area (Å²) < 4.78 is 1.56. The summed E-state index contributed by atoms with van der Waals surface area (Å²) in [4.78, 5) is 10.9. The molecule has 0 saturated carbocycles. The number of carbonyl (C=O) groups is 1. The second-order valence-electron chi connectivity index (χ2n) is 3.36. The molecular formula is C11H11N3O2. The first-order chi connectivity index (χ1) is 7.70. The van der Waals surface area contributed by atoms with E-state index in [1.165, 1.54) is 6.20 Å². The van der Waals surface area contributed by atoms with E-state index in [0.29, 0.717) is 5.56 Å². The van der Waals surface area contributed by atoms with E-state index in [1.54, 1.807) is 23.0 Å². The lowest BCUT2D eigenvalue weighted by Gasteiger charge is -2.01. The Morgan fingerprint density at radius 1 is 1.38 bits per heavy atom. The number of hydrogen-bond donors (Lipinski definition) is 2. The van der Waals surface area contributed by atoms with Crippen LogP contribution in [0.2, 0.25) is 0 Å². The predicted octanol–water partition coefficient (Wildman–Crippen LogP) is 0.464. The van der Waals surface area contributed by atoms with Gasteiger partial charge in [0.25, 0.3) is 5.91 Å². The third-order valence-corrected chi connectivity index (χ3v) is 2.25. The molecule has 0 bridgehead atoms. The number of aliphatic hydroxyl groups excluding tert-OH is 1. The van der Waals surface area contributed by atoms with Crippen molar-refractivity contribution in [3.05, 3.63) is 47.8 Å². The number of primary amides is 1. The highest BCUT2D eigenvalue weighted by atomic mass is 16.3. The summed E-state index contributed by atoms with van der Waals surface area (Å²) in [6.07, 6.45) is 2.98. The lowest BCUT2D eigenvalue weighted by molar-refractivity contribution is 0.100. The fraction of sp³-hybridized carbons (Fsp3) is 0.0909. The zero-order valence-corrected chi connectivity index (χ0v) is 8.50.